The Morgan fingerprint density at radius 2 is 1.95 bits per heavy atom. The minimum atomic E-state index is -1.17. The SMILES string of the molecule is COc1cccc(CCN(C(=O)C2CCC2)C2CC(C(=O)NCCO)=CC(Oc3c(I)cc(C=O)cc3OC)C2O)c1. The summed E-state index contributed by atoms with van der Waals surface area (Å²) in [5.41, 5.74) is 1.72. The van der Waals surface area contributed by atoms with Crippen molar-refractivity contribution in [2.24, 2.45) is 5.92 Å². The first-order valence-corrected chi connectivity index (χ1v) is 15.1. The molecule has 0 aromatic heterocycles. The van der Waals surface area contributed by atoms with Crippen molar-refractivity contribution in [2.45, 2.75) is 50.4 Å². The number of aliphatic hydroxyl groups excluding tert-OH is 2. The number of nitrogens with one attached hydrogen (secondary N) is 1. The Hall–Kier alpha value is -3.16. The van der Waals surface area contributed by atoms with Gasteiger partial charge in [-0.1, -0.05) is 18.6 Å². The molecule has 0 spiro atoms. The monoisotopic (exact) mass is 692 g/mol. The molecule has 0 heterocycles. The van der Waals surface area contributed by atoms with Crippen LogP contribution in [0.2, 0.25) is 0 Å². The third-order valence-electron chi connectivity index (χ3n) is 7.77. The first kappa shape index (κ1) is 31.8. The fourth-order valence-electron chi connectivity index (χ4n) is 5.24. The van der Waals surface area contributed by atoms with E-state index in [9.17, 15) is 24.6 Å². The van der Waals surface area contributed by atoms with Crippen LogP contribution >= 0.6 is 22.6 Å². The maximum absolute atomic E-state index is 13.8. The van der Waals surface area contributed by atoms with Gasteiger partial charge in [0.2, 0.25) is 11.8 Å². The van der Waals surface area contributed by atoms with Crippen LogP contribution in [0.4, 0.5) is 0 Å². The van der Waals surface area contributed by atoms with Crippen molar-refractivity contribution >= 4 is 40.7 Å². The summed E-state index contributed by atoms with van der Waals surface area (Å²) in [6.45, 7) is 0.169. The lowest BCUT2D eigenvalue weighted by atomic mass is 9.82. The summed E-state index contributed by atoms with van der Waals surface area (Å²) in [6.07, 6.45) is 3.29. The predicted molar refractivity (Wildman–Crippen MR) is 164 cm³/mol. The van der Waals surface area contributed by atoms with E-state index in [-0.39, 0.29) is 31.4 Å². The van der Waals surface area contributed by atoms with Crippen LogP contribution in [0, 0.1) is 9.49 Å². The van der Waals surface area contributed by atoms with E-state index in [0.717, 1.165) is 24.8 Å². The zero-order chi connectivity index (χ0) is 30.2. The van der Waals surface area contributed by atoms with Gasteiger partial charge in [0.1, 0.15) is 24.2 Å². The molecule has 4 rings (SSSR count). The van der Waals surface area contributed by atoms with E-state index in [1.807, 2.05) is 46.9 Å². The van der Waals surface area contributed by atoms with Crippen LogP contribution in [0.15, 0.2) is 48.0 Å². The van der Waals surface area contributed by atoms with E-state index in [4.69, 9.17) is 14.2 Å². The van der Waals surface area contributed by atoms with Gasteiger partial charge in [0.15, 0.2) is 11.5 Å². The van der Waals surface area contributed by atoms with Gasteiger partial charge in [-0.2, -0.15) is 0 Å². The number of aldehydes is 1. The molecule has 0 bridgehead atoms. The molecule has 10 nitrogen and oxygen atoms in total. The Morgan fingerprint density at radius 1 is 1.17 bits per heavy atom. The van der Waals surface area contributed by atoms with Gasteiger partial charge in [-0.15, -0.1) is 0 Å². The molecule has 2 aromatic rings. The average molecular weight is 693 g/mol. The van der Waals surface area contributed by atoms with E-state index in [0.29, 0.717) is 51.2 Å². The van der Waals surface area contributed by atoms with E-state index in [2.05, 4.69) is 5.32 Å². The molecule has 2 aromatic carbocycles. The lowest BCUT2D eigenvalue weighted by Gasteiger charge is -2.43. The Bertz CT molecular complexity index is 1310. The third kappa shape index (κ3) is 7.42. The quantitative estimate of drug-likeness (QED) is 0.216. The van der Waals surface area contributed by atoms with E-state index in [1.54, 1.807) is 24.2 Å². The third-order valence-corrected chi connectivity index (χ3v) is 8.57. The van der Waals surface area contributed by atoms with Crippen molar-refractivity contribution in [1.29, 1.82) is 0 Å². The highest BCUT2D eigenvalue weighted by atomic mass is 127. The number of rotatable bonds is 13. The van der Waals surface area contributed by atoms with Crippen LogP contribution in [-0.4, -0.2) is 85.4 Å². The molecule has 11 heteroatoms. The van der Waals surface area contributed by atoms with E-state index in [1.165, 1.54) is 13.2 Å². The van der Waals surface area contributed by atoms with Crippen molar-refractivity contribution < 1.29 is 38.8 Å². The van der Waals surface area contributed by atoms with Crippen molar-refractivity contribution in [3.8, 4) is 17.2 Å². The zero-order valence-corrected chi connectivity index (χ0v) is 25.9. The Labute approximate surface area is 259 Å². The minimum Gasteiger partial charge on any atom is -0.497 e. The minimum absolute atomic E-state index is 0.0496. The number of hydrogen-bond acceptors (Lipinski definition) is 8. The molecule has 3 N–H and O–H groups in total. The van der Waals surface area contributed by atoms with Gasteiger partial charge in [-0.05, 0) is 77.8 Å². The second-order valence-corrected chi connectivity index (χ2v) is 11.6. The number of methoxy groups -OCH3 is 2. The zero-order valence-electron chi connectivity index (χ0n) is 23.8. The Morgan fingerprint density at radius 3 is 2.60 bits per heavy atom. The maximum atomic E-state index is 13.8. The Kier molecular flexibility index (Phi) is 11.2. The summed E-state index contributed by atoms with van der Waals surface area (Å²) in [7, 11) is 3.05. The molecular weight excluding hydrogens is 655 g/mol. The van der Waals surface area contributed by atoms with Crippen LogP contribution in [-0.2, 0) is 16.0 Å². The molecule has 1 fully saturated rings. The van der Waals surface area contributed by atoms with Crippen molar-refractivity contribution in [3.63, 3.8) is 0 Å². The smallest absolute Gasteiger partial charge is 0.247 e. The molecule has 0 aliphatic heterocycles. The highest BCUT2D eigenvalue weighted by Gasteiger charge is 2.43. The molecule has 226 valence electrons. The highest BCUT2D eigenvalue weighted by molar-refractivity contribution is 14.1. The molecular formula is C31H37IN2O8. The van der Waals surface area contributed by atoms with Crippen LogP contribution in [0.1, 0.15) is 41.6 Å². The number of carbonyl (C=O) groups is 3. The summed E-state index contributed by atoms with van der Waals surface area (Å²) in [6, 6.07) is 10.1. The summed E-state index contributed by atoms with van der Waals surface area (Å²) in [5.74, 6) is 0.746. The van der Waals surface area contributed by atoms with E-state index >= 15 is 0 Å². The van der Waals surface area contributed by atoms with Crippen molar-refractivity contribution in [2.75, 3.05) is 33.9 Å². The van der Waals surface area contributed by atoms with Gasteiger partial charge in [0.25, 0.3) is 0 Å². The van der Waals surface area contributed by atoms with Gasteiger partial charge >= 0.3 is 0 Å². The first-order chi connectivity index (χ1) is 20.3. The first-order valence-electron chi connectivity index (χ1n) is 14.0. The van der Waals surface area contributed by atoms with Crippen LogP contribution < -0.4 is 19.5 Å². The molecule has 3 unspecified atom stereocenters. The molecule has 2 aliphatic rings. The van der Waals surface area contributed by atoms with Crippen LogP contribution in [0.25, 0.3) is 0 Å². The largest absolute Gasteiger partial charge is 0.497 e. The number of nitrogens with zero attached hydrogens (tertiary/aromatic N) is 1. The van der Waals surface area contributed by atoms with Crippen molar-refractivity contribution in [3.05, 3.63) is 62.7 Å². The molecule has 3 atom stereocenters. The number of hydrogen-bond donors (Lipinski definition) is 3. The average Bonchev–Trinajstić information content (AvgIpc) is 2.97. The summed E-state index contributed by atoms with van der Waals surface area (Å²) in [4.78, 5) is 40.0. The van der Waals surface area contributed by atoms with Gasteiger partial charge in [-0.25, -0.2) is 0 Å². The molecule has 2 amide bonds. The summed E-state index contributed by atoms with van der Waals surface area (Å²) >= 11 is 2.03. The molecule has 0 saturated heterocycles. The maximum Gasteiger partial charge on any atom is 0.247 e. The van der Waals surface area contributed by atoms with Gasteiger partial charge in [0.05, 0.1) is 30.4 Å². The molecule has 42 heavy (non-hydrogen) atoms. The number of amides is 2. The topological polar surface area (TPSA) is 135 Å². The number of aliphatic hydroxyl groups is 2. The standard InChI is InChI=1S/C31H37IN2O8/c1-40-23-8-3-5-19(13-23)9-11-34(31(39)21-6-4-7-21)25-16-22(30(38)33-10-12-35)17-26(28(25)37)42-29-24(32)14-20(18-36)15-27(29)41-2/h3,5,8,13-15,17-18,21,25-26,28,35,37H,4,6-7,9-12,16H2,1-2H3,(H,33,38). The molecule has 0 radical (unpaired) electrons. The molecule has 1 saturated carbocycles. The normalized spacial score (nSPS) is 20.1. The molecule has 2 aliphatic carbocycles. The number of carbonyl (C=O) groups excluding carboxylic acids is 3. The van der Waals surface area contributed by atoms with Crippen LogP contribution in [0.3, 0.4) is 0 Å². The fraction of sp³-hybridized carbons (Fsp3) is 0.452. The number of benzene rings is 2. The highest BCUT2D eigenvalue weighted by Crippen LogP contribution is 2.38. The summed E-state index contributed by atoms with van der Waals surface area (Å²) in [5, 5.41) is 23.7. The number of halogens is 1. The number of ether oxygens (including phenoxy) is 3. The second-order valence-electron chi connectivity index (χ2n) is 10.4. The lowest BCUT2D eigenvalue weighted by Crippen LogP contribution is -2.57. The van der Waals surface area contributed by atoms with E-state index < -0.39 is 24.2 Å². The predicted octanol–water partition coefficient (Wildman–Crippen LogP) is 2.91. The van der Waals surface area contributed by atoms with Crippen LogP contribution in [0.5, 0.6) is 17.2 Å². The van der Waals surface area contributed by atoms with Gasteiger partial charge < -0.3 is 34.6 Å². The Balaban J connectivity index is 1.68. The fourth-order valence-corrected chi connectivity index (χ4v) is 6.00. The summed E-state index contributed by atoms with van der Waals surface area (Å²) < 4.78 is 17.7. The van der Waals surface area contributed by atoms with Gasteiger partial charge in [0, 0.05) is 36.6 Å². The second kappa shape index (κ2) is 14.8. The van der Waals surface area contributed by atoms with Crippen molar-refractivity contribution in [1.82, 2.24) is 10.2 Å². The lowest BCUT2D eigenvalue weighted by molar-refractivity contribution is -0.145. The van der Waals surface area contributed by atoms with Gasteiger partial charge in [-0.3, -0.25) is 14.4 Å².